The van der Waals surface area contributed by atoms with Crippen molar-refractivity contribution in [3.8, 4) is 0 Å². The summed E-state index contributed by atoms with van der Waals surface area (Å²) in [5, 5.41) is 1.89. The monoisotopic (exact) mass is 732 g/mol. The number of nitrogens with zero attached hydrogens (tertiary/aromatic N) is 1. The van der Waals surface area contributed by atoms with Gasteiger partial charge in [-0.2, -0.15) is 0 Å². The van der Waals surface area contributed by atoms with Crippen molar-refractivity contribution in [3.63, 3.8) is 0 Å². The highest BCUT2D eigenvalue weighted by atomic mass is 32.1. The summed E-state index contributed by atoms with van der Waals surface area (Å²) in [5.41, 5.74) is 4.94. The molecular formula is C49H97NS. The van der Waals surface area contributed by atoms with Gasteiger partial charge in [0.05, 0.1) is 0 Å². The molecule has 0 fully saturated rings. The molecule has 0 bridgehead atoms. The molecule has 51 heavy (non-hydrogen) atoms. The summed E-state index contributed by atoms with van der Waals surface area (Å²) in [5.74, 6) is 1.51. The van der Waals surface area contributed by atoms with E-state index in [9.17, 15) is 0 Å². The van der Waals surface area contributed by atoms with E-state index < -0.39 is 0 Å². The maximum atomic E-state index is 4.92. The van der Waals surface area contributed by atoms with Crippen LogP contribution in [-0.4, -0.2) is 29.9 Å². The molecule has 0 aromatic heterocycles. The second-order valence-corrected chi connectivity index (χ2v) is 16.5. The second-order valence-electron chi connectivity index (χ2n) is 16.2. The fraction of sp³-hybridized carbons (Fsp3) is 0.918. The summed E-state index contributed by atoms with van der Waals surface area (Å²) in [4.78, 5) is 2.73. The molecule has 1 nitrogen and oxygen atoms in total. The van der Waals surface area contributed by atoms with E-state index in [1.165, 1.54) is 237 Å². The average molecular weight is 732 g/mol. The molecule has 0 aliphatic carbocycles. The van der Waals surface area contributed by atoms with E-state index in [-0.39, 0.29) is 0 Å². The Morgan fingerprint density at radius 1 is 0.490 bits per heavy atom. The highest BCUT2D eigenvalue weighted by Crippen LogP contribution is 2.32. The molecule has 2 heteroatoms. The van der Waals surface area contributed by atoms with Gasteiger partial charge in [-0.15, -0.1) is 5.73 Å². The molecule has 0 rings (SSSR count). The first kappa shape index (κ1) is 52.7. The first-order valence-corrected chi connectivity index (χ1v) is 24.1. The van der Waals surface area contributed by atoms with Crippen molar-refractivity contribution in [2.24, 2.45) is 11.8 Å². The Balaban J connectivity index is 0. The van der Waals surface area contributed by atoms with Crippen LogP contribution in [-0.2, 0) is 0 Å². The van der Waals surface area contributed by atoms with Gasteiger partial charge < -0.3 is 4.90 Å². The van der Waals surface area contributed by atoms with E-state index in [4.69, 9.17) is 12.2 Å². The molecule has 304 valence electrons. The molecule has 0 radical (unpaired) electrons. The predicted octanol–water partition coefficient (Wildman–Crippen LogP) is 17.6. The van der Waals surface area contributed by atoms with E-state index >= 15 is 0 Å². The van der Waals surface area contributed by atoms with Crippen LogP contribution in [0.1, 0.15) is 260 Å². The van der Waals surface area contributed by atoms with Gasteiger partial charge in [0.25, 0.3) is 0 Å². The van der Waals surface area contributed by atoms with Gasteiger partial charge in [-0.1, -0.05) is 221 Å². The average Bonchev–Trinajstić information content (AvgIpc) is 3.14. The topological polar surface area (TPSA) is 3.24 Å². The Labute approximate surface area is 330 Å². The van der Waals surface area contributed by atoms with Crippen LogP contribution >= 0.6 is 12.2 Å². The number of hydrogen-bond donors (Lipinski definition) is 0. The van der Waals surface area contributed by atoms with Gasteiger partial charge in [-0.25, -0.2) is 0 Å². The van der Waals surface area contributed by atoms with Gasteiger partial charge in [0, 0.05) is 0 Å². The van der Waals surface area contributed by atoms with Gasteiger partial charge in [-0.05, 0) is 100 Å². The maximum Gasteiger partial charge on any atom is -0.00187 e. The number of unbranched alkanes of at least 4 members (excludes halogenated alkanes) is 25. The predicted molar refractivity (Wildman–Crippen MR) is 241 cm³/mol. The first-order valence-electron chi connectivity index (χ1n) is 23.6. The molecule has 0 heterocycles. The Bertz CT molecular complexity index is 689. The third kappa shape index (κ3) is 39.1. The van der Waals surface area contributed by atoms with E-state index in [2.05, 4.69) is 58.8 Å². The lowest BCUT2D eigenvalue weighted by Gasteiger charge is -2.26. The lowest BCUT2D eigenvalue weighted by Crippen LogP contribution is -2.27. The van der Waals surface area contributed by atoms with Gasteiger partial charge in [-0.3, -0.25) is 0 Å². The van der Waals surface area contributed by atoms with Crippen LogP contribution < -0.4 is 0 Å². The second kappa shape index (κ2) is 45.7. The van der Waals surface area contributed by atoms with Crippen LogP contribution in [0.25, 0.3) is 0 Å². The lowest BCUT2D eigenvalue weighted by molar-refractivity contribution is 0.260. The van der Waals surface area contributed by atoms with Crippen molar-refractivity contribution in [1.82, 2.24) is 4.90 Å². The van der Waals surface area contributed by atoms with Crippen molar-refractivity contribution in [2.45, 2.75) is 260 Å². The molecule has 0 saturated heterocycles. The number of thiocarbonyl (C=S) groups is 1. The quantitative estimate of drug-likeness (QED) is 0.0351. The molecule has 0 N–H and O–H groups in total. The van der Waals surface area contributed by atoms with Crippen molar-refractivity contribution in [2.75, 3.05) is 19.6 Å². The Morgan fingerprint density at radius 2 is 0.863 bits per heavy atom. The highest BCUT2D eigenvalue weighted by molar-refractivity contribution is 7.78. The highest BCUT2D eigenvalue weighted by Gasteiger charge is 2.20. The molecule has 0 aromatic carbocycles. The molecular weight excluding hydrogens is 635 g/mol. The molecule has 0 aliphatic heterocycles. The summed E-state index contributed by atoms with van der Waals surface area (Å²) in [6, 6.07) is 0. The fourth-order valence-corrected chi connectivity index (χ4v) is 7.90. The van der Waals surface area contributed by atoms with E-state index in [1.54, 1.807) is 0 Å². The minimum absolute atomic E-state index is 0.669. The zero-order chi connectivity index (χ0) is 37.9. The van der Waals surface area contributed by atoms with Crippen LogP contribution in [0.2, 0.25) is 0 Å². The van der Waals surface area contributed by atoms with Crippen molar-refractivity contribution >= 4 is 17.6 Å². The van der Waals surface area contributed by atoms with Crippen molar-refractivity contribution < 1.29 is 0 Å². The molecule has 0 spiro atoms. The van der Waals surface area contributed by atoms with Crippen LogP contribution in [0, 0.1) is 11.8 Å². The zero-order valence-electron chi connectivity index (χ0n) is 36.5. The number of hydrogen-bond acceptors (Lipinski definition) is 2. The minimum atomic E-state index is 0.669. The minimum Gasteiger partial charge on any atom is -0.303 e. The zero-order valence-corrected chi connectivity index (χ0v) is 37.3. The van der Waals surface area contributed by atoms with Crippen molar-refractivity contribution in [3.05, 3.63) is 17.9 Å². The Morgan fingerprint density at radius 3 is 1.25 bits per heavy atom. The third-order valence-corrected chi connectivity index (χ3v) is 11.5. The summed E-state index contributed by atoms with van der Waals surface area (Å²) in [6.07, 6.45) is 47.0. The Kier molecular flexibility index (Phi) is 47.2. The van der Waals surface area contributed by atoms with Gasteiger partial charge >= 0.3 is 0 Å². The molecule has 0 aliphatic rings. The summed E-state index contributed by atoms with van der Waals surface area (Å²) < 4.78 is 0. The van der Waals surface area contributed by atoms with Gasteiger partial charge in [0.15, 0.2) is 0 Å². The normalized spacial score (nSPS) is 11.8. The standard InChI is InChI=1S/C39H75NS.C10H22/c1-6-10-12-24-31-39(32-25-13-11-7-2)37(5)38(9-4)30-26-20-16-14-17-21-27-34-40(33-8-3)35-28-22-18-15-19-23-29-36-41;1-3-5-7-9-10-8-6-4-2/h36-37,39H,4,6-8,10-35H2,1-3,5H3;3-10H2,1-2H3. The molecule has 1 atom stereocenters. The summed E-state index contributed by atoms with van der Waals surface area (Å²) >= 11 is 4.92. The van der Waals surface area contributed by atoms with Crippen molar-refractivity contribution in [1.29, 1.82) is 0 Å². The summed E-state index contributed by atoms with van der Waals surface area (Å²) in [7, 11) is 0. The molecule has 0 saturated carbocycles. The van der Waals surface area contributed by atoms with E-state index in [0.717, 1.165) is 12.3 Å². The molecule has 1 unspecified atom stereocenters. The van der Waals surface area contributed by atoms with Crippen LogP contribution in [0.3, 0.4) is 0 Å². The van der Waals surface area contributed by atoms with Crippen LogP contribution in [0.5, 0.6) is 0 Å². The van der Waals surface area contributed by atoms with Crippen LogP contribution in [0.15, 0.2) is 17.9 Å². The van der Waals surface area contributed by atoms with E-state index in [0.29, 0.717) is 5.92 Å². The largest absolute Gasteiger partial charge is 0.303 e. The fourth-order valence-electron chi connectivity index (χ4n) is 7.74. The maximum absolute atomic E-state index is 4.92. The number of allylic oxidation sites excluding steroid dienone is 1. The molecule has 0 aromatic rings. The molecule has 0 amide bonds. The number of rotatable bonds is 40. The van der Waals surface area contributed by atoms with E-state index in [1.807, 2.05) is 5.37 Å². The SMILES string of the molecule is C=C=C(CCCCCCCCCN(CCC)CCCCCCCCC=S)C(C)C(CCCCCC)CCCCCC.CCCCCCCCCC. The smallest absolute Gasteiger partial charge is 0.00187 e. The van der Waals surface area contributed by atoms with Gasteiger partial charge in [0.1, 0.15) is 0 Å². The van der Waals surface area contributed by atoms with Crippen LogP contribution in [0.4, 0.5) is 0 Å². The van der Waals surface area contributed by atoms with Gasteiger partial charge in [0.2, 0.25) is 0 Å². The summed E-state index contributed by atoms with van der Waals surface area (Å²) in [6.45, 7) is 22.0. The third-order valence-electron chi connectivity index (χ3n) is 11.3. The first-order chi connectivity index (χ1) is 25.1. The lowest BCUT2D eigenvalue weighted by atomic mass is 9.79. The Hall–Kier alpha value is -0.430.